The van der Waals surface area contributed by atoms with Crippen LogP contribution in [-0.4, -0.2) is 9.13 Å². The van der Waals surface area contributed by atoms with Crippen molar-refractivity contribution in [2.24, 2.45) is 0 Å². The lowest BCUT2D eigenvalue weighted by Gasteiger charge is -2.10. The fourth-order valence-corrected chi connectivity index (χ4v) is 9.90. The van der Waals surface area contributed by atoms with Gasteiger partial charge in [-0.25, -0.2) is 0 Å². The quantitative estimate of drug-likeness (QED) is 0.182. The van der Waals surface area contributed by atoms with E-state index in [1.54, 1.807) is 0 Å². The predicted molar refractivity (Wildman–Crippen MR) is 221 cm³/mol. The van der Waals surface area contributed by atoms with Crippen LogP contribution in [0.3, 0.4) is 0 Å². The van der Waals surface area contributed by atoms with Crippen molar-refractivity contribution in [3.63, 3.8) is 0 Å². The molecule has 0 amide bonds. The van der Waals surface area contributed by atoms with Crippen molar-refractivity contribution in [3.8, 4) is 22.5 Å². The number of hydrogen-bond donors (Lipinski definition) is 0. The molecule has 0 spiro atoms. The molecular weight excluding hydrogens is 653 g/mol. The van der Waals surface area contributed by atoms with Crippen LogP contribution < -0.4 is 0 Å². The van der Waals surface area contributed by atoms with Crippen molar-refractivity contribution < 1.29 is 4.42 Å². The molecule has 242 valence electrons. The summed E-state index contributed by atoms with van der Waals surface area (Å²) in [5.41, 5.74) is 11.2. The maximum Gasteiger partial charge on any atom is 0.145 e. The SMILES string of the molecule is c1ccc(-n2c3ccc(-c4ccc5c6c7sc8ccccc8c7ccc6n(-c6ccccc6)c5c4)cc3c3c4oc5ccccc5c4ccc32)cc1. The lowest BCUT2D eigenvalue weighted by molar-refractivity contribution is 0.673. The van der Waals surface area contributed by atoms with Crippen LogP contribution in [0, 0.1) is 0 Å². The average molecular weight is 681 g/mol. The molecule has 52 heavy (non-hydrogen) atoms. The van der Waals surface area contributed by atoms with Gasteiger partial charge >= 0.3 is 0 Å². The predicted octanol–water partition coefficient (Wildman–Crippen LogP) is 13.8. The summed E-state index contributed by atoms with van der Waals surface area (Å²) in [6, 6.07) is 61.6. The van der Waals surface area contributed by atoms with Crippen LogP contribution in [0.1, 0.15) is 0 Å². The third-order valence-corrected chi connectivity index (χ3v) is 12.1. The second kappa shape index (κ2) is 10.5. The van der Waals surface area contributed by atoms with Crippen molar-refractivity contribution in [1.29, 1.82) is 0 Å². The van der Waals surface area contributed by atoms with Crippen LogP contribution in [0.15, 0.2) is 174 Å². The summed E-state index contributed by atoms with van der Waals surface area (Å²) in [6.07, 6.45) is 0. The molecule has 4 aromatic heterocycles. The highest BCUT2D eigenvalue weighted by Crippen LogP contribution is 2.45. The Labute approximate surface area is 301 Å². The number of thiophene rings is 1. The Balaban J connectivity index is 1.16. The Morgan fingerprint density at radius 3 is 1.79 bits per heavy atom. The van der Waals surface area contributed by atoms with Crippen LogP contribution in [-0.2, 0) is 0 Å². The second-order valence-corrected chi connectivity index (χ2v) is 14.7. The van der Waals surface area contributed by atoms with E-state index >= 15 is 0 Å². The van der Waals surface area contributed by atoms with Gasteiger partial charge in [0.1, 0.15) is 11.2 Å². The molecule has 0 aliphatic carbocycles. The van der Waals surface area contributed by atoms with E-state index in [1.807, 2.05) is 17.4 Å². The van der Waals surface area contributed by atoms with E-state index in [0.29, 0.717) is 0 Å². The molecule has 0 unspecified atom stereocenters. The summed E-state index contributed by atoms with van der Waals surface area (Å²) in [5.74, 6) is 0. The lowest BCUT2D eigenvalue weighted by Crippen LogP contribution is -1.93. The summed E-state index contributed by atoms with van der Waals surface area (Å²) in [5, 5.41) is 9.83. The zero-order chi connectivity index (χ0) is 33.9. The molecule has 3 nitrogen and oxygen atoms in total. The van der Waals surface area contributed by atoms with Crippen LogP contribution in [0.25, 0.3) is 108 Å². The van der Waals surface area contributed by atoms with E-state index in [1.165, 1.54) is 58.5 Å². The van der Waals surface area contributed by atoms with Gasteiger partial charge in [0.25, 0.3) is 0 Å². The molecule has 0 aliphatic rings. The number of fused-ring (bicyclic) bond motifs is 14. The van der Waals surface area contributed by atoms with Crippen molar-refractivity contribution in [2.75, 3.05) is 0 Å². The number of para-hydroxylation sites is 3. The van der Waals surface area contributed by atoms with Gasteiger partial charge in [-0.1, -0.05) is 97.1 Å². The first kappa shape index (κ1) is 28.1. The fourth-order valence-electron chi connectivity index (χ4n) is 8.64. The molecule has 0 N–H and O–H groups in total. The molecule has 0 saturated heterocycles. The van der Waals surface area contributed by atoms with Gasteiger partial charge in [-0.15, -0.1) is 11.3 Å². The van der Waals surface area contributed by atoms with Crippen molar-refractivity contribution in [3.05, 3.63) is 170 Å². The zero-order valence-electron chi connectivity index (χ0n) is 27.9. The van der Waals surface area contributed by atoms with Gasteiger partial charge < -0.3 is 13.6 Å². The lowest BCUT2D eigenvalue weighted by atomic mass is 10.00. The monoisotopic (exact) mass is 680 g/mol. The summed E-state index contributed by atoms with van der Waals surface area (Å²) < 4.78 is 14.1. The van der Waals surface area contributed by atoms with E-state index in [9.17, 15) is 0 Å². The molecule has 0 saturated carbocycles. The van der Waals surface area contributed by atoms with Gasteiger partial charge in [0.05, 0.1) is 27.5 Å². The van der Waals surface area contributed by atoms with Crippen LogP contribution in [0.2, 0.25) is 0 Å². The zero-order valence-corrected chi connectivity index (χ0v) is 28.7. The van der Waals surface area contributed by atoms with Crippen molar-refractivity contribution in [2.45, 2.75) is 0 Å². The van der Waals surface area contributed by atoms with Gasteiger partial charge in [0, 0.05) is 58.5 Å². The average Bonchev–Trinajstić information content (AvgIpc) is 3.95. The molecule has 0 aliphatic heterocycles. The summed E-state index contributed by atoms with van der Waals surface area (Å²) in [4.78, 5) is 0. The molecule has 4 heteroatoms. The van der Waals surface area contributed by atoms with Gasteiger partial charge in [-0.3, -0.25) is 0 Å². The van der Waals surface area contributed by atoms with Crippen molar-refractivity contribution in [1.82, 2.24) is 9.13 Å². The fraction of sp³-hybridized carbons (Fsp3) is 0. The molecule has 12 rings (SSSR count). The third-order valence-electron chi connectivity index (χ3n) is 10.9. The first-order valence-electron chi connectivity index (χ1n) is 17.7. The highest BCUT2D eigenvalue weighted by Gasteiger charge is 2.21. The first-order chi connectivity index (χ1) is 25.8. The molecule has 0 radical (unpaired) electrons. The van der Waals surface area contributed by atoms with Crippen LogP contribution in [0.5, 0.6) is 0 Å². The molecule has 0 fully saturated rings. The van der Waals surface area contributed by atoms with Gasteiger partial charge in [-0.2, -0.15) is 0 Å². The van der Waals surface area contributed by atoms with E-state index in [2.05, 4.69) is 173 Å². The topological polar surface area (TPSA) is 23.0 Å². The van der Waals surface area contributed by atoms with E-state index in [0.717, 1.165) is 49.7 Å². The van der Waals surface area contributed by atoms with Crippen LogP contribution >= 0.6 is 11.3 Å². The van der Waals surface area contributed by atoms with Crippen molar-refractivity contribution >= 4 is 97.1 Å². The molecule has 4 heterocycles. The smallest absolute Gasteiger partial charge is 0.145 e. The number of hydrogen-bond acceptors (Lipinski definition) is 2. The third kappa shape index (κ3) is 3.79. The largest absolute Gasteiger partial charge is 0.455 e. The Morgan fingerprint density at radius 2 is 0.981 bits per heavy atom. The van der Waals surface area contributed by atoms with E-state index < -0.39 is 0 Å². The Kier molecular flexibility index (Phi) is 5.65. The summed E-state index contributed by atoms with van der Waals surface area (Å²) >= 11 is 1.90. The number of furan rings is 1. The van der Waals surface area contributed by atoms with Crippen LogP contribution in [0.4, 0.5) is 0 Å². The van der Waals surface area contributed by atoms with Gasteiger partial charge in [0.15, 0.2) is 0 Å². The molecule has 0 bridgehead atoms. The molecule has 0 atom stereocenters. The molecule has 12 aromatic rings. The first-order valence-corrected chi connectivity index (χ1v) is 18.5. The number of benzene rings is 8. The molecular formula is C48H28N2OS. The van der Waals surface area contributed by atoms with E-state index in [4.69, 9.17) is 4.42 Å². The second-order valence-electron chi connectivity index (χ2n) is 13.7. The number of nitrogens with zero attached hydrogens (tertiary/aromatic N) is 2. The Morgan fingerprint density at radius 1 is 0.385 bits per heavy atom. The Bertz CT molecular complexity index is 3400. The summed E-state index contributed by atoms with van der Waals surface area (Å²) in [6.45, 7) is 0. The normalized spacial score (nSPS) is 12.2. The molecule has 8 aromatic carbocycles. The maximum atomic E-state index is 6.67. The van der Waals surface area contributed by atoms with E-state index in [-0.39, 0.29) is 0 Å². The maximum absolute atomic E-state index is 6.67. The minimum Gasteiger partial charge on any atom is -0.455 e. The number of rotatable bonds is 3. The minimum atomic E-state index is 0.911. The van der Waals surface area contributed by atoms with Gasteiger partial charge in [-0.05, 0) is 83.9 Å². The highest BCUT2D eigenvalue weighted by atomic mass is 32.1. The standard InChI is InChI=1S/C48H28N2OS/c1-3-11-31(12-4-1)49-39-24-20-29(27-38(39)45-40(49)25-22-35-33-15-7-9-17-43(33)51-47(35)45)30-19-21-37-42(28-30)50(32-13-5-2-6-14-32)41-26-23-36-34-16-8-10-18-44(34)52-48(36)46(37)41/h1-28H. The minimum absolute atomic E-state index is 0.911. The summed E-state index contributed by atoms with van der Waals surface area (Å²) in [7, 11) is 0. The van der Waals surface area contributed by atoms with Gasteiger partial charge in [0.2, 0.25) is 0 Å². The Hall–Kier alpha value is -6.62. The highest BCUT2D eigenvalue weighted by molar-refractivity contribution is 7.26. The number of aromatic nitrogens is 2.